The van der Waals surface area contributed by atoms with Crippen LogP contribution in [0.4, 0.5) is 0 Å². The Kier molecular flexibility index (Phi) is 6.58. The molecular weight excluding hydrogens is 404 g/mol. The van der Waals surface area contributed by atoms with Crippen LogP contribution in [-0.2, 0) is 18.6 Å². The predicted molar refractivity (Wildman–Crippen MR) is 115 cm³/mol. The maximum absolute atomic E-state index is 11.2. The molecule has 0 radical (unpaired) electrons. The quantitative estimate of drug-likeness (QED) is 0.676. The minimum absolute atomic E-state index is 0.0234. The molecule has 1 aromatic carbocycles. The Balaban J connectivity index is 1.82. The van der Waals surface area contributed by atoms with Gasteiger partial charge < -0.3 is 33.2 Å². The van der Waals surface area contributed by atoms with E-state index in [0.29, 0.717) is 12.4 Å². The van der Waals surface area contributed by atoms with Gasteiger partial charge in [-0.3, -0.25) is 0 Å². The molecule has 1 aromatic rings. The van der Waals surface area contributed by atoms with E-state index < -0.39 is 44.8 Å². The molecular formula is C22H36O7Si. The molecule has 8 heteroatoms. The molecule has 0 amide bonds. The molecule has 7 nitrogen and oxygen atoms in total. The van der Waals surface area contributed by atoms with Crippen LogP contribution >= 0.6 is 0 Å². The van der Waals surface area contributed by atoms with Gasteiger partial charge in [-0.2, -0.15) is 0 Å². The molecule has 1 N–H and O–H groups in total. The Bertz CT molecular complexity index is 713. The maximum Gasteiger partial charge on any atom is 0.228 e. The highest BCUT2D eigenvalue weighted by atomic mass is 28.4. The predicted octanol–water partition coefficient (Wildman–Crippen LogP) is 3.70. The van der Waals surface area contributed by atoms with Gasteiger partial charge in [-0.15, -0.1) is 0 Å². The van der Waals surface area contributed by atoms with E-state index in [0.717, 1.165) is 5.75 Å². The van der Waals surface area contributed by atoms with E-state index in [1.165, 1.54) is 0 Å². The van der Waals surface area contributed by atoms with Crippen LogP contribution in [0.1, 0.15) is 34.6 Å². The molecule has 5 atom stereocenters. The van der Waals surface area contributed by atoms with Crippen LogP contribution in [0.3, 0.4) is 0 Å². The second-order valence-corrected chi connectivity index (χ2v) is 14.7. The minimum atomic E-state index is -2.20. The summed E-state index contributed by atoms with van der Waals surface area (Å²) in [6.45, 7) is 14.8. The number of benzene rings is 1. The molecule has 2 aliphatic heterocycles. The summed E-state index contributed by atoms with van der Waals surface area (Å²) in [4.78, 5) is 0. The fraction of sp³-hybridized carbons (Fsp3) is 0.727. The summed E-state index contributed by atoms with van der Waals surface area (Å²) in [6, 6.07) is 7.25. The van der Waals surface area contributed by atoms with Gasteiger partial charge in [0.05, 0.1) is 13.7 Å². The zero-order valence-corrected chi connectivity index (χ0v) is 20.3. The monoisotopic (exact) mass is 440 g/mol. The molecule has 3 rings (SSSR count). The van der Waals surface area contributed by atoms with Crippen LogP contribution in [0.2, 0.25) is 18.1 Å². The topological polar surface area (TPSA) is 75.6 Å². The van der Waals surface area contributed by atoms with Crippen molar-refractivity contribution in [3.63, 3.8) is 0 Å². The van der Waals surface area contributed by atoms with Gasteiger partial charge in [0, 0.05) is 0 Å². The summed E-state index contributed by atoms with van der Waals surface area (Å²) in [7, 11) is -0.579. The van der Waals surface area contributed by atoms with Crippen molar-refractivity contribution >= 4 is 8.32 Å². The fourth-order valence-corrected chi connectivity index (χ4v) is 4.66. The smallest absolute Gasteiger partial charge is 0.228 e. The van der Waals surface area contributed by atoms with Crippen LogP contribution in [0.5, 0.6) is 11.5 Å². The molecule has 170 valence electrons. The van der Waals surface area contributed by atoms with Gasteiger partial charge in [0.1, 0.15) is 35.9 Å². The Morgan fingerprint density at radius 1 is 1.10 bits per heavy atom. The first-order valence-electron chi connectivity index (χ1n) is 10.5. The van der Waals surface area contributed by atoms with Gasteiger partial charge in [0.25, 0.3) is 0 Å². The van der Waals surface area contributed by atoms with Gasteiger partial charge >= 0.3 is 0 Å². The fourth-order valence-electron chi connectivity index (χ4n) is 3.37. The van der Waals surface area contributed by atoms with E-state index in [1.54, 1.807) is 7.11 Å². The number of aliphatic hydroxyl groups excluding tert-OH is 1. The van der Waals surface area contributed by atoms with Gasteiger partial charge in [0.2, 0.25) is 6.29 Å². The number of rotatable bonds is 6. The molecule has 0 aliphatic carbocycles. The second-order valence-electron chi connectivity index (χ2n) is 9.96. The van der Waals surface area contributed by atoms with Crippen molar-refractivity contribution < 1.29 is 33.2 Å². The van der Waals surface area contributed by atoms with Crippen LogP contribution in [0.15, 0.2) is 24.3 Å². The minimum Gasteiger partial charge on any atom is -0.497 e. The van der Waals surface area contributed by atoms with Crippen molar-refractivity contribution in [1.29, 1.82) is 0 Å². The van der Waals surface area contributed by atoms with E-state index in [2.05, 4.69) is 33.9 Å². The lowest BCUT2D eigenvalue weighted by Gasteiger charge is -2.39. The molecule has 0 spiro atoms. The molecule has 30 heavy (non-hydrogen) atoms. The second kappa shape index (κ2) is 8.41. The van der Waals surface area contributed by atoms with Gasteiger partial charge in [-0.05, 0) is 56.2 Å². The Morgan fingerprint density at radius 2 is 1.70 bits per heavy atom. The van der Waals surface area contributed by atoms with Crippen LogP contribution in [0, 0.1) is 0 Å². The molecule has 2 heterocycles. The third-order valence-electron chi connectivity index (χ3n) is 6.18. The first-order valence-corrected chi connectivity index (χ1v) is 13.4. The van der Waals surface area contributed by atoms with E-state index in [9.17, 15) is 5.11 Å². The van der Waals surface area contributed by atoms with E-state index in [1.807, 2.05) is 38.1 Å². The first kappa shape index (κ1) is 23.5. The van der Waals surface area contributed by atoms with Crippen molar-refractivity contribution in [2.24, 2.45) is 0 Å². The van der Waals surface area contributed by atoms with Gasteiger partial charge in [-0.25, -0.2) is 0 Å². The third-order valence-corrected chi connectivity index (χ3v) is 10.7. The zero-order valence-electron chi connectivity index (χ0n) is 19.3. The lowest BCUT2D eigenvalue weighted by Crippen LogP contribution is -2.51. The zero-order chi connectivity index (χ0) is 22.3. The molecule has 2 aliphatic rings. The van der Waals surface area contributed by atoms with Crippen LogP contribution in [-0.4, -0.2) is 63.6 Å². The number of ether oxygens (including phenoxy) is 5. The van der Waals surface area contributed by atoms with Gasteiger partial charge in [0.15, 0.2) is 14.1 Å². The average molecular weight is 441 g/mol. The first-order chi connectivity index (χ1) is 13.8. The summed E-state index contributed by atoms with van der Waals surface area (Å²) in [5, 5.41) is 11.2. The molecule has 0 unspecified atom stereocenters. The van der Waals surface area contributed by atoms with Crippen LogP contribution in [0.25, 0.3) is 0 Å². The molecule has 0 saturated carbocycles. The summed E-state index contributed by atoms with van der Waals surface area (Å²) >= 11 is 0. The third kappa shape index (κ3) is 5.00. The van der Waals surface area contributed by atoms with E-state index in [-0.39, 0.29) is 5.04 Å². The van der Waals surface area contributed by atoms with Crippen molar-refractivity contribution in [3.8, 4) is 11.5 Å². The maximum atomic E-state index is 11.2. The summed E-state index contributed by atoms with van der Waals surface area (Å²) in [5.74, 6) is 0.639. The lowest BCUT2D eigenvalue weighted by atomic mass is 10.1. The number of hydrogen-bond donors (Lipinski definition) is 1. The van der Waals surface area contributed by atoms with Crippen molar-refractivity contribution in [3.05, 3.63) is 24.3 Å². The number of methoxy groups -OCH3 is 1. The highest BCUT2D eigenvalue weighted by molar-refractivity contribution is 6.74. The number of hydrogen-bond acceptors (Lipinski definition) is 7. The number of aliphatic hydroxyl groups is 1. The van der Waals surface area contributed by atoms with E-state index in [4.69, 9.17) is 28.1 Å². The summed E-state index contributed by atoms with van der Waals surface area (Å²) in [6.07, 6.45) is -3.30. The largest absolute Gasteiger partial charge is 0.497 e. The van der Waals surface area contributed by atoms with Crippen molar-refractivity contribution in [1.82, 2.24) is 0 Å². The molecule has 2 saturated heterocycles. The normalized spacial score (nSPS) is 31.7. The van der Waals surface area contributed by atoms with Crippen molar-refractivity contribution in [2.45, 2.75) is 89.2 Å². The molecule has 0 bridgehead atoms. The van der Waals surface area contributed by atoms with Gasteiger partial charge in [-0.1, -0.05) is 20.8 Å². The summed E-state index contributed by atoms with van der Waals surface area (Å²) in [5.41, 5.74) is 0. The standard InChI is InChI=1S/C22H36O7Si/c1-21(2,3)30(7,8)29-19-17(23)18(16-13-25-22(4,5)28-16)27-20(19)26-15-11-9-14(24-6)10-12-15/h9-12,16-20,23H,13H2,1-8H3/t16-,17-,18-,19+,20+/m0/s1. The lowest BCUT2D eigenvalue weighted by molar-refractivity contribution is -0.172. The van der Waals surface area contributed by atoms with E-state index >= 15 is 0 Å². The Morgan fingerprint density at radius 3 is 2.20 bits per heavy atom. The average Bonchev–Trinajstić information content (AvgIpc) is 3.15. The Labute approximate surface area is 180 Å². The highest BCUT2D eigenvalue weighted by Gasteiger charge is 2.55. The highest BCUT2D eigenvalue weighted by Crippen LogP contribution is 2.41. The van der Waals surface area contributed by atoms with Crippen LogP contribution < -0.4 is 9.47 Å². The SMILES string of the molecule is COc1ccc(O[C@@H]2O[C@@H]([C@@H]3COC(C)(C)O3)[C@H](O)[C@H]2O[Si](C)(C)C(C)(C)C)cc1. The van der Waals surface area contributed by atoms with Crippen molar-refractivity contribution in [2.75, 3.05) is 13.7 Å². The summed E-state index contributed by atoms with van der Waals surface area (Å²) < 4.78 is 35.7. The molecule has 2 fully saturated rings. The molecule has 0 aromatic heterocycles. The Hall–Kier alpha value is -1.16.